The molecule has 39 heavy (non-hydrogen) atoms. The Morgan fingerprint density at radius 3 is 1.62 bits per heavy atom. The van der Waals surface area contributed by atoms with Crippen molar-refractivity contribution >= 4 is 35.8 Å². The highest BCUT2D eigenvalue weighted by molar-refractivity contribution is 5.69. The smallest absolute Gasteiger partial charge is 0.303 e. The largest absolute Gasteiger partial charge is 0.463 e. The number of aliphatic hydroxyl groups is 1. The minimum absolute atomic E-state index is 0.427. The average molecular weight is 564 g/mol. The molecule has 0 aromatic carbocycles. The van der Waals surface area contributed by atoms with Gasteiger partial charge < -0.3 is 47.7 Å². The van der Waals surface area contributed by atoms with Crippen LogP contribution in [-0.4, -0.2) is 109 Å². The zero-order chi connectivity index (χ0) is 29.4. The van der Waals surface area contributed by atoms with Gasteiger partial charge in [-0.3, -0.25) is 28.8 Å². The third kappa shape index (κ3) is 9.42. The van der Waals surface area contributed by atoms with Gasteiger partial charge in [0.15, 0.2) is 43.1 Å². The maximum absolute atomic E-state index is 12.0. The van der Waals surface area contributed by atoms with Crippen LogP contribution in [0.2, 0.25) is 0 Å². The van der Waals surface area contributed by atoms with Gasteiger partial charge in [-0.1, -0.05) is 0 Å². The van der Waals surface area contributed by atoms with Crippen molar-refractivity contribution in [1.29, 1.82) is 0 Å². The van der Waals surface area contributed by atoms with E-state index in [4.69, 9.17) is 42.6 Å². The molecule has 2 fully saturated rings. The first-order valence-electron chi connectivity index (χ1n) is 11.8. The summed E-state index contributed by atoms with van der Waals surface area (Å²) in [4.78, 5) is 70.8. The summed E-state index contributed by atoms with van der Waals surface area (Å²) in [6, 6.07) is 0. The van der Waals surface area contributed by atoms with Crippen LogP contribution in [0.3, 0.4) is 0 Å². The van der Waals surface area contributed by atoms with Gasteiger partial charge in [0.2, 0.25) is 0 Å². The summed E-state index contributed by atoms with van der Waals surface area (Å²) in [7, 11) is 0. The molecule has 2 saturated heterocycles. The van der Waals surface area contributed by atoms with E-state index in [-0.39, 0.29) is 0 Å². The first-order chi connectivity index (χ1) is 18.2. The zero-order valence-electron chi connectivity index (χ0n) is 22.2. The molecule has 16 heteroatoms. The van der Waals surface area contributed by atoms with Crippen LogP contribution >= 0.6 is 0 Å². The van der Waals surface area contributed by atoms with E-state index in [0.717, 1.165) is 41.5 Å². The number of rotatable bonds is 9. The lowest BCUT2D eigenvalue weighted by Crippen LogP contribution is -2.65. The summed E-state index contributed by atoms with van der Waals surface area (Å²) >= 11 is 0. The normalized spacial score (nSPS) is 32.2. The molecule has 2 heterocycles. The summed E-state index contributed by atoms with van der Waals surface area (Å²) in [5.74, 6) is -4.88. The average Bonchev–Trinajstić information content (AvgIpc) is 2.79. The third-order valence-electron chi connectivity index (χ3n) is 5.26. The molecule has 0 aromatic heterocycles. The number of hydrogen-bond acceptors (Lipinski definition) is 16. The number of esters is 6. The molecule has 1 N–H and O–H groups in total. The van der Waals surface area contributed by atoms with Crippen molar-refractivity contribution in [3.63, 3.8) is 0 Å². The number of hydrogen-bond donors (Lipinski definition) is 1. The van der Waals surface area contributed by atoms with E-state index in [1.807, 2.05) is 0 Å². The van der Waals surface area contributed by atoms with Crippen LogP contribution in [0.15, 0.2) is 0 Å². The van der Waals surface area contributed by atoms with Gasteiger partial charge in [0.25, 0.3) is 0 Å². The van der Waals surface area contributed by atoms with Crippen LogP contribution in [0.25, 0.3) is 0 Å². The number of ether oxygens (including phenoxy) is 9. The first kappa shape index (κ1) is 31.9. The summed E-state index contributed by atoms with van der Waals surface area (Å²) in [6.45, 7) is 5.49. The van der Waals surface area contributed by atoms with Crippen molar-refractivity contribution in [3.05, 3.63) is 0 Å². The Morgan fingerprint density at radius 2 is 1.10 bits per heavy atom. The van der Waals surface area contributed by atoms with E-state index < -0.39 is 104 Å². The van der Waals surface area contributed by atoms with Gasteiger partial charge in [-0.25, -0.2) is 0 Å². The van der Waals surface area contributed by atoms with Gasteiger partial charge in [0, 0.05) is 41.5 Å². The number of carbonyl (C=O) groups excluding carboxylic acids is 6. The van der Waals surface area contributed by atoms with Gasteiger partial charge in [-0.15, -0.1) is 0 Å². The van der Waals surface area contributed by atoms with Crippen LogP contribution in [0.1, 0.15) is 41.5 Å². The van der Waals surface area contributed by atoms with Crippen molar-refractivity contribution in [3.8, 4) is 0 Å². The minimum Gasteiger partial charge on any atom is -0.463 e. The monoisotopic (exact) mass is 564 g/mol. The highest BCUT2D eigenvalue weighted by Crippen LogP contribution is 2.33. The molecule has 9 atom stereocenters. The molecule has 1 unspecified atom stereocenters. The lowest BCUT2D eigenvalue weighted by atomic mass is 9.97. The lowest BCUT2D eigenvalue weighted by molar-refractivity contribution is -0.343. The van der Waals surface area contributed by atoms with Crippen LogP contribution < -0.4 is 0 Å². The maximum Gasteiger partial charge on any atom is 0.303 e. The Balaban J connectivity index is 2.50. The van der Waals surface area contributed by atoms with Crippen molar-refractivity contribution in [2.45, 2.75) is 96.9 Å². The fourth-order valence-corrected chi connectivity index (χ4v) is 4.00. The highest BCUT2D eigenvalue weighted by atomic mass is 16.8. The topological polar surface area (TPSA) is 206 Å². The standard InChI is InChI=1S/C23H32O16/c1-9(24)31-7-15-17(33-10(2)25)19(35-12(4)27)21(37-14(6)29)23(38-15)39-16-8-32-22(30)20(36-13(5)28)18(16)34-11(3)26/h15-23,30H,7-8H2,1-6H3/t15-,16-,17+,18+,19+,20-,21-,22?,23+/m1/s1. The Morgan fingerprint density at radius 1 is 0.641 bits per heavy atom. The molecule has 0 amide bonds. The van der Waals surface area contributed by atoms with Gasteiger partial charge in [-0.05, 0) is 0 Å². The van der Waals surface area contributed by atoms with Crippen molar-refractivity contribution in [2.75, 3.05) is 13.2 Å². The predicted octanol–water partition coefficient (Wildman–Crippen LogP) is -1.33. The SMILES string of the molecule is CC(=O)OC[C@H]1O[C@@H](O[C@@H]2COC(O)[C@H](OC(C)=O)[C@H]2OC(C)=O)[C@H](OC(C)=O)[C@@H](OC(C)=O)[C@H]1OC(C)=O. The van der Waals surface area contributed by atoms with Gasteiger partial charge in [-0.2, -0.15) is 0 Å². The first-order valence-corrected chi connectivity index (χ1v) is 11.8. The molecule has 0 spiro atoms. The molecule has 2 aliphatic rings. The maximum atomic E-state index is 12.0. The van der Waals surface area contributed by atoms with Crippen LogP contribution in [0.5, 0.6) is 0 Å². The summed E-state index contributed by atoms with van der Waals surface area (Å²) in [5, 5.41) is 10.2. The second-order valence-corrected chi connectivity index (χ2v) is 8.61. The van der Waals surface area contributed by atoms with Gasteiger partial charge in [0.1, 0.15) is 18.8 Å². The van der Waals surface area contributed by atoms with Crippen molar-refractivity contribution in [2.24, 2.45) is 0 Å². The number of carbonyl (C=O) groups is 6. The van der Waals surface area contributed by atoms with E-state index in [1.54, 1.807) is 0 Å². The molecule has 0 bridgehead atoms. The second kappa shape index (κ2) is 14.2. The highest BCUT2D eigenvalue weighted by Gasteiger charge is 2.55. The van der Waals surface area contributed by atoms with E-state index in [9.17, 15) is 33.9 Å². The van der Waals surface area contributed by atoms with E-state index in [1.165, 1.54) is 0 Å². The van der Waals surface area contributed by atoms with Gasteiger partial charge in [0.05, 0.1) is 6.61 Å². The predicted molar refractivity (Wildman–Crippen MR) is 120 cm³/mol. The van der Waals surface area contributed by atoms with E-state index >= 15 is 0 Å². The summed E-state index contributed by atoms with van der Waals surface area (Å²) < 4.78 is 48.3. The van der Waals surface area contributed by atoms with Crippen LogP contribution in [0.4, 0.5) is 0 Å². The van der Waals surface area contributed by atoms with Crippen molar-refractivity contribution in [1.82, 2.24) is 0 Å². The minimum atomic E-state index is -1.69. The van der Waals surface area contributed by atoms with Crippen LogP contribution in [0, 0.1) is 0 Å². The fraction of sp³-hybridized carbons (Fsp3) is 0.739. The second-order valence-electron chi connectivity index (χ2n) is 8.61. The lowest BCUT2D eigenvalue weighted by Gasteiger charge is -2.46. The van der Waals surface area contributed by atoms with Crippen molar-refractivity contribution < 1.29 is 76.5 Å². The quantitative estimate of drug-likeness (QED) is 0.254. The molecule has 220 valence electrons. The Bertz CT molecular complexity index is 933. The van der Waals surface area contributed by atoms with E-state index in [2.05, 4.69) is 0 Å². The summed E-state index contributed by atoms with van der Waals surface area (Å²) in [5.41, 5.74) is 0. The number of aliphatic hydroxyl groups excluding tert-OH is 1. The third-order valence-corrected chi connectivity index (χ3v) is 5.26. The molecule has 0 radical (unpaired) electrons. The molecule has 16 nitrogen and oxygen atoms in total. The molecule has 0 aliphatic carbocycles. The molecule has 0 saturated carbocycles. The molecule has 2 rings (SSSR count). The Kier molecular flexibility index (Phi) is 11.6. The Hall–Kier alpha value is -3.34. The zero-order valence-corrected chi connectivity index (χ0v) is 22.2. The Labute approximate surface area is 223 Å². The van der Waals surface area contributed by atoms with Gasteiger partial charge >= 0.3 is 35.8 Å². The fourth-order valence-electron chi connectivity index (χ4n) is 4.00. The molecule has 2 aliphatic heterocycles. The molecular weight excluding hydrogens is 532 g/mol. The molecular formula is C23H32O16. The molecule has 0 aromatic rings. The summed E-state index contributed by atoms with van der Waals surface area (Å²) in [6.07, 6.45) is -13.4. The van der Waals surface area contributed by atoms with E-state index in [0.29, 0.717) is 0 Å². The van der Waals surface area contributed by atoms with Crippen LogP contribution in [-0.2, 0) is 71.4 Å².